The summed E-state index contributed by atoms with van der Waals surface area (Å²) in [6.07, 6.45) is 0.938. The summed E-state index contributed by atoms with van der Waals surface area (Å²) in [5.74, 6) is -1.15. The lowest BCUT2D eigenvalue weighted by molar-refractivity contribution is -0.153. The number of rotatable bonds is 6. The molecule has 0 saturated heterocycles. The van der Waals surface area contributed by atoms with Crippen LogP contribution < -0.4 is 5.32 Å². The largest absolute Gasteiger partial charge is 0.460 e. The van der Waals surface area contributed by atoms with E-state index in [0.29, 0.717) is 6.42 Å². The molecule has 70 valence electrons. The number of nitrogens with one attached hydrogen (secondary N) is 1. The second kappa shape index (κ2) is 6.79. The molecular formula is C8H15NO3. The molecular weight excluding hydrogens is 158 g/mol. The highest BCUT2D eigenvalue weighted by atomic mass is 16.5. The molecule has 0 atom stereocenters. The van der Waals surface area contributed by atoms with Gasteiger partial charge in [-0.25, -0.2) is 4.79 Å². The van der Waals surface area contributed by atoms with Crippen molar-refractivity contribution >= 4 is 11.8 Å². The maximum Gasteiger partial charge on any atom is 0.374 e. The lowest BCUT2D eigenvalue weighted by Crippen LogP contribution is -2.19. The number of Topliss-reactive ketones (excluding diaryl/α,β-unsaturated/α-hetero) is 1. The van der Waals surface area contributed by atoms with Gasteiger partial charge in [0.25, 0.3) is 0 Å². The topological polar surface area (TPSA) is 55.4 Å². The van der Waals surface area contributed by atoms with Crippen molar-refractivity contribution in [1.82, 2.24) is 5.32 Å². The highest BCUT2D eigenvalue weighted by molar-refractivity contribution is 6.33. The predicted molar refractivity (Wildman–Crippen MR) is 44.8 cm³/mol. The third-order valence-electron chi connectivity index (χ3n) is 1.33. The molecule has 0 aromatic heterocycles. The summed E-state index contributed by atoms with van der Waals surface area (Å²) in [7, 11) is 1.80. The van der Waals surface area contributed by atoms with Crippen LogP contribution >= 0.6 is 0 Å². The van der Waals surface area contributed by atoms with Gasteiger partial charge in [-0.2, -0.15) is 0 Å². The minimum absolute atomic E-state index is 0.261. The Morgan fingerprint density at radius 1 is 1.42 bits per heavy atom. The first-order valence-corrected chi connectivity index (χ1v) is 4.07. The van der Waals surface area contributed by atoms with Crippen LogP contribution in [0.25, 0.3) is 0 Å². The molecule has 0 aliphatic rings. The molecule has 0 unspecified atom stereocenters. The van der Waals surface area contributed by atoms with E-state index in [1.807, 2.05) is 0 Å². The van der Waals surface area contributed by atoms with Crippen molar-refractivity contribution in [2.45, 2.75) is 19.8 Å². The van der Waals surface area contributed by atoms with Crippen LogP contribution in [0.15, 0.2) is 0 Å². The quantitative estimate of drug-likeness (QED) is 0.352. The Bertz CT molecular complexity index is 156. The number of ether oxygens (including phenoxy) is 1. The van der Waals surface area contributed by atoms with Gasteiger partial charge < -0.3 is 10.1 Å². The first-order valence-electron chi connectivity index (χ1n) is 4.07. The van der Waals surface area contributed by atoms with Crippen molar-refractivity contribution in [2.75, 3.05) is 20.2 Å². The van der Waals surface area contributed by atoms with E-state index in [1.54, 1.807) is 14.0 Å². The van der Waals surface area contributed by atoms with E-state index in [1.165, 1.54) is 0 Å². The molecule has 0 aromatic rings. The Labute approximate surface area is 72.3 Å². The number of carbonyl (C=O) groups excluding carboxylic acids is 2. The van der Waals surface area contributed by atoms with Gasteiger partial charge in [0, 0.05) is 6.42 Å². The average molecular weight is 173 g/mol. The fourth-order valence-corrected chi connectivity index (χ4v) is 0.739. The second-order valence-electron chi connectivity index (χ2n) is 2.35. The molecule has 0 aliphatic heterocycles. The van der Waals surface area contributed by atoms with E-state index in [2.05, 4.69) is 10.1 Å². The van der Waals surface area contributed by atoms with Crippen molar-refractivity contribution < 1.29 is 14.3 Å². The van der Waals surface area contributed by atoms with Gasteiger partial charge in [0.15, 0.2) is 0 Å². The molecule has 0 spiro atoms. The summed E-state index contributed by atoms with van der Waals surface area (Å²) < 4.78 is 4.53. The van der Waals surface area contributed by atoms with Crippen molar-refractivity contribution in [3.63, 3.8) is 0 Å². The molecule has 0 aromatic carbocycles. The van der Waals surface area contributed by atoms with E-state index in [-0.39, 0.29) is 13.0 Å². The van der Waals surface area contributed by atoms with Gasteiger partial charge in [0.05, 0.1) is 6.61 Å². The van der Waals surface area contributed by atoms with Gasteiger partial charge in [0.1, 0.15) is 0 Å². The van der Waals surface area contributed by atoms with Gasteiger partial charge in [-0.05, 0) is 26.9 Å². The summed E-state index contributed by atoms with van der Waals surface area (Å²) in [5, 5.41) is 2.89. The SMILES string of the molecule is CCOC(=O)C(=O)CCCNC. The number of carbonyl (C=O) groups is 2. The molecule has 0 radical (unpaired) electrons. The standard InChI is InChI=1S/C8H15NO3/c1-3-12-8(11)7(10)5-4-6-9-2/h9H,3-6H2,1-2H3. The lowest BCUT2D eigenvalue weighted by Gasteiger charge is -1.99. The van der Waals surface area contributed by atoms with E-state index >= 15 is 0 Å². The Morgan fingerprint density at radius 3 is 2.58 bits per heavy atom. The molecule has 0 aliphatic carbocycles. The monoisotopic (exact) mass is 173 g/mol. The molecule has 0 heterocycles. The fraction of sp³-hybridized carbons (Fsp3) is 0.750. The van der Waals surface area contributed by atoms with Crippen molar-refractivity contribution in [1.29, 1.82) is 0 Å². The van der Waals surface area contributed by atoms with Crippen LogP contribution in [-0.4, -0.2) is 32.0 Å². The molecule has 0 bridgehead atoms. The van der Waals surface area contributed by atoms with Gasteiger partial charge in [0.2, 0.25) is 5.78 Å². The van der Waals surface area contributed by atoms with Crippen LogP contribution in [0.2, 0.25) is 0 Å². The Kier molecular flexibility index (Phi) is 6.28. The fourth-order valence-electron chi connectivity index (χ4n) is 0.739. The zero-order valence-corrected chi connectivity index (χ0v) is 7.55. The number of ketones is 1. The highest BCUT2D eigenvalue weighted by Gasteiger charge is 2.12. The van der Waals surface area contributed by atoms with Crippen LogP contribution in [0.4, 0.5) is 0 Å². The zero-order chi connectivity index (χ0) is 9.40. The first kappa shape index (κ1) is 11.1. The van der Waals surface area contributed by atoms with E-state index < -0.39 is 11.8 Å². The maximum absolute atomic E-state index is 10.9. The van der Waals surface area contributed by atoms with Crippen molar-refractivity contribution in [2.24, 2.45) is 0 Å². The van der Waals surface area contributed by atoms with Gasteiger partial charge in [-0.3, -0.25) is 4.79 Å². The van der Waals surface area contributed by atoms with Crippen LogP contribution in [0.3, 0.4) is 0 Å². The third-order valence-corrected chi connectivity index (χ3v) is 1.33. The molecule has 12 heavy (non-hydrogen) atoms. The summed E-state index contributed by atoms with van der Waals surface area (Å²) in [6.45, 7) is 2.68. The zero-order valence-electron chi connectivity index (χ0n) is 7.55. The second-order valence-corrected chi connectivity index (χ2v) is 2.35. The van der Waals surface area contributed by atoms with Crippen LogP contribution in [0, 0.1) is 0 Å². The van der Waals surface area contributed by atoms with Gasteiger partial charge in [-0.15, -0.1) is 0 Å². The van der Waals surface area contributed by atoms with Gasteiger partial charge in [-0.1, -0.05) is 0 Å². The number of hydrogen-bond donors (Lipinski definition) is 1. The molecule has 4 heteroatoms. The molecule has 0 saturated carbocycles. The summed E-state index contributed by atoms with van der Waals surface area (Å²) in [4.78, 5) is 21.7. The lowest BCUT2D eigenvalue weighted by atomic mass is 10.2. The third kappa shape index (κ3) is 4.85. The van der Waals surface area contributed by atoms with Crippen LogP contribution in [0.5, 0.6) is 0 Å². The normalized spacial score (nSPS) is 9.50. The molecule has 4 nitrogen and oxygen atoms in total. The Hall–Kier alpha value is -0.900. The Balaban J connectivity index is 3.50. The highest BCUT2D eigenvalue weighted by Crippen LogP contribution is 1.92. The summed E-state index contributed by atoms with van der Waals surface area (Å²) in [6, 6.07) is 0. The van der Waals surface area contributed by atoms with E-state index in [4.69, 9.17) is 0 Å². The number of hydrogen-bond acceptors (Lipinski definition) is 4. The van der Waals surface area contributed by atoms with Gasteiger partial charge >= 0.3 is 5.97 Å². The number of esters is 1. The molecule has 1 N–H and O–H groups in total. The van der Waals surface area contributed by atoms with E-state index in [0.717, 1.165) is 6.54 Å². The predicted octanol–water partition coefficient (Wildman–Crippen LogP) is 0.118. The minimum Gasteiger partial charge on any atom is -0.460 e. The van der Waals surface area contributed by atoms with E-state index in [9.17, 15) is 9.59 Å². The molecule has 0 amide bonds. The average Bonchev–Trinajstić information content (AvgIpc) is 2.05. The molecule has 0 rings (SSSR count). The van der Waals surface area contributed by atoms with Crippen molar-refractivity contribution in [3.05, 3.63) is 0 Å². The summed E-state index contributed by atoms with van der Waals surface area (Å²) in [5.41, 5.74) is 0. The van der Waals surface area contributed by atoms with Crippen molar-refractivity contribution in [3.8, 4) is 0 Å². The minimum atomic E-state index is -0.714. The first-order chi connectivity index (χ1) is 5.72. The summed E-state index contributed by atoms with van der Waals surface area (Å²) >= 11 is 0. The molecule has 0 fully saturated rings. The van der Waals surface area contributed by atoms with Crippen LogP contribution in [-0.2, 0) is 14.3 Å². The smallest absolute Gasteiger partial charge is 0.374 e. The Morgan fingerprint density at radius 2 is 2.08 bits per heavy atom. The van der Waals surface area contributed by atoms with Crippen LogP contribution in [0.1, 0.15) is 19.8 Å². The maximum atomic E-state index is 10.9.